The molecule has 1 aromatic heterocycles. The normalized spacial score (nSPS) is 9.73. The molecule has 1 aromatic carbocycles. The molecule has 0 amide bonds. The van der Waals surface area contributed by atoms with Crippen LogP contribution in [0.5, 0.6) is 0 Å². The van der Waals surface area contributed by atoms with Crippen LogP contribution in [0.2, 0.25) is 5.02 Å². The predicted octanol–water partition coefficient (Wildman–Crippen LogP) is 2.01. The van der Waals surface area contributed by atoms with E-state index in [0.29, 0.717) is 26.5 Å². The van der Waals surface area contributed by atoms with Crippen LogP contribution in [0.15, 0.2) is 17.0 Å². The fourth-order valence-corrected chi connectivity index (χ4v) is 1.80. The minimum Gasteiger partial charge on any atom is -0.257 e. The number of fused-ring (bicyclic) bond motifs is 1. The van der Waals surface area contributed by atoms with Gasteiger partial charge in [-0.3, -0.25) is 4.68 Å². The average molecular weight is 247 g/mol. The Hall–Kier alpha value is -0.180. The Morgan fingerprint density at radius 2 is 2.20 bits per heavy atom. The molecule has 0 aliphatic carbocycles. The first-order valence-electron chi connectivity index (χ1n) is 3.89. The zero-order valence-corrected chi connectivity index (χ0v) is 12.0. The van der Waals surface area contributed by atoms with E-state index in [0.717, 1.165) is 0 Å². The van der Waals surface area contributed by atoms with Gasteiger partial charge in [-0.25, -0.2) is 0 Å². The van der Waals surface area contributed by atoms with Gasteiger partial charge in [0.2, 0.25) is 0 Å². The summed E-state index contributed by atoms with van der Waals surface area (Å²) < 4.78 is 1.52. The summed E-state index contributed by atoms with van der Waals surface area (Å²) in [5.74, 6) is 0. The van der Waals surface area contributed by atoms with Gasteiger partial charge in [-0.05, 0) is 12.1 Å². The third-order valence-electron chi connectivity index (χ3n) is 2.02. The van der Waals surface area contributed by atoms with Crippen LogP contribution in [0.4, 0.5) is 0 Å². The van der Waals surface area contributed by atoms with Gasteiger partial charge in [0.1, 0.15) is 11.8 Å². The maximum absolute atomic E-state index is 8.93. The molecule has 3 nitrogen and oxygen atoms in total. The third kappa shape index (κ3) is 2.03. The Balaban J connectivity index is 0.00000112. The first kappa shape index (κ1) is 12.9. The van der Waals surface area contributed by atoms with Crippen molar-refractivity contribution in [2.75, 3.05) is 0 Å². The molecule has 1 heterocycles. The number of nitrogens with zero attached hydrogens (tertiary/aromatic N) is 3. The van der Waals surface area contributed by atoms with E-state index in [1.54, 1.807) is 19.2 Å². The Morgan fingerprint density at radius 1 is 1.53 bits per heavy atom. The molecule has 0 N–H and O–H groups in total. The summed E-state index contributed by atoms with van der Waals surface area (Å²) in [4.78, 5) is 0.656. The molecule has 71 valence electrons. The molecular formula is C9H6ClN3NaS. The van der Waals surface area contributed by atoms with Crippen molar-refractivity contribution in [3.63, 3.8) is 0 Å². The number of nitriles is 1. The second-order valence-electron chi connectivity index (χ2n) is 2.88. The van der Waals surface area contributed by atoms with Crippen molar-refractivity contribution in [2.24, 2.45) is 7.05 Å². The average Bonchev–Trinajstić information content (AvgIpc) is 2.48. The summed E-state index contributed by atoms with van der Waals surface area (Å²) >= 11 is 10.2. The first-order valence-corrected chi connectivity index (χ1v) is 4.72. The van der Waals surface area contributed by atoms with Crippen LogP contribution in [0.25, 0.3) is 10.9 Å². The van der Waals surface area contributed by atoms with Gasteiger partial charge in [-0.1, -0.05) is 11.6 Å². The van der Waals surface area contributed by atoms with Gasteiger partial charge in [-0.2, -0.15) is 10.4 Å². The van der Waals surface area contributed by atoms with Crippen LogP contribution >= 0.6 is 24.2 Å². The fourth-order valence-electron chi connectivity index (χ4n) is 1.37. The number of aromatic nitrogens is 2. The minimum atomic E-state index is 0. The summed E-state index contributed by atoms with van der Waals surface area (Å²) in [6.45, 7) is 0. The van der Waals surface area contributed by atoms with Crippen molar-refractivity contribution < 1.29 is 0 Å². The zero-order chi connectivity index (χ0) is 10.3. The Morgan fingerprint density at radius 3 is 2.80 bits per heavy atom. The maximum Gasteiger partial charge on any atom is 0.147 e. The second kappa shape index (κ2) is 4.77. The van der Waals surface area contributed by atoms with E-state index in [2.05, 4.69) is 23.8 Å². The molecule has 0 spiro atoms. The summed E-state index contributed by atoms with van der Waals surface area (Å²) in [6.07, 6.45) is 0. The van der Waals surface area contributed by atoms with Crippen LogP contribution in [-0.2, 0) is 7.05 Å². The number of benzene rings is 1. The number of rotatable bonds is 0. The summed E-state index contributed by atoms with van der Waals surface area (Å²) in [5, 5.41) is 14.2. The zero-order valence-electron chi connectivity index (χ0n) is 8.32. The van der Waals surface area contributed by atoms with Crippen LogP contribution in [0.3, 0.4) is 0 Å². The van der Waals surface area contributed by atoms with Crippen LogP contribution in [-0.4, -0.2) is 39.3 Å². The van der Waals surface area contributed by atoms with Crippen molar-refractivity contribution in [3.8, 4) is 6.07 Å². The Bertz CT molecular complexity index is 558. The van der Waals surface area contributed by atoms with Gasteiger partial charge in [0, 0.05) is 41.5 Å². The molecule has 0 aliphatic rings. The van der Waals surface area contributed by atoms with Gasteiger partial charge < -0.3 is 0 Å². The number of halogens is 1. The summed E-state index contributed by atoms with van der Waals surface area (Å²) in [5.41, 5.74) is 1.17. The number of aryl methyl sites for hydroxylation is 1. The SMILES string of the molecule is Cn1nc2ccc(S)c(Cl)c2c1C#N.[Na]. The quantitative estimate of drug-likeness (QED) is 0.571. The predicted molar refractivity (Wildman–Crippen MR) is 63.4 cm³/mol. The van der Waals surface area contributed by atoms with Crippen molar-refractivity contribution in [1.82, 2.24) is 9.78 Å². The molecule has 0 saturated carbocycles. The number of hydrogen-bond donors (Lipinski definition) is 1. The van der Waals surface area contributed by atoms with Crippen molar-refractivity contribution in [1.29, 1.82) is 5.26 Å². The third-order valence-corrected chi connectivity index (χ3v) is 2.92. The van der Waals surface area contributed by atoms with E-state index in [1.165, 1.54) is 4.68 Å². The van der Waals surface area contributed by atoms with Gasteiger partial charge >= 0.3 is 0 Å². The monoisotopic (exact) mass is 246 g/mol. The molecule has 2 rings (SSSR count). The minimum absolute atomic E-state index is 0. The topological polar surface area (TPSA) is 41.6 Å². The summed E-state index contributed by atoms with van der Waals surface area (Å²) in [6, 6.07) is 5.63. The number of thiol groups is 1. The molecule has 0 saturated heterocycles. The summed E-state index contributed by atoms with van der Waals surface area (Å²) in [7, 11) is 1.72. The van der Waals surface area contributed by atoms with Gasteiger partial charge in [0.15, 0.2) is 0 Å². The fraction of sp³-hybridized carbons (Fsp3) is 0.111. The standard InChI is InChI=1S/C9H6ClN3S.Na/c1-13-6(4-11)8-5(12-13)2-3-7(14)9(8)10;/h2-3,14H,1H3;. The van der Waals surface area contributed by atoms with Crippen LogP contribution < -0.4 is 0 Å². The van der Waals surface area contributed by atoms with Gasteiger partial charge in [0.25, 0.3) is 0 Å². The van der Waals surface area contributed by atoms with Gasteiger partial charge in [-0.15, -0.1) is 12.6 Å². The van der Waals surface area contributed by atoms with E-state index in [1.807, 2.05) is 0 Å². The molecular weight excluding hydrogens is 241 g/mol. The van der Waals surface area contributed by atoms with E-state index >= 15 is 0 Å². The van der Waals surface area contributed by atoms with Crippen molar-refractivity contribution >= 4 is 64.7 Å². The molecule has 15 heavy (non-hydrogen) atoms. The number of hydrogen-bond acceptors (Lipinski definition) is 3. The molecule has 2 aromatic rings. The van der Waals surface area contributed by atoms with Crippen LogP contribution in [0, 0.1) is 11.3 Å². The Kier molecular flexibility index (Phi) is 4.10. The first-order chi connectivity index (χ1) is 6.65. The van der Waals surface area contributed by atoms with E-state index in [9.17, 15) is 0 Å². The van der Waals surface area contributed by atoms with Crippen molar-refractivity contribution in [2.45, 2.75) is 4.90 Å². The second-order valence-corrected chi connectivity index (χ2v) is 3.74. The van der Waals surface area contributed by atoms with E-state index in [-0.39, 0.29) is 29.6 Å². The maximum atomic E-state index is 8.93. The molecule has 6 heteroatoms. The molecule has 0 atom stereocenters. The van der Waals surface area contributed by atoms with Crippen LogP contribution in [0.1, 0.15) is 5.69 Å². The van der Waals surface area contributed by atoms with E-state index in [4.69, 9.17) is 16.9 Å². The smallest absolute Gasteiger partial charge is 0.147 e. The molecule has 0 aliphatic heterocycles. The molecule has 1 radical (unpaired) electrons. The van der Waals surface area contributed by atoms with Crippen molar-refractivity contribution in [3.05, 3.63) is 22.8 Å². The largest absolute Gasteiger partial charge is 0.257 e. The Labute approximate surface area is 120 Å². The molecule has 0 fully saturated rings. The molecule has 0 unspecified atom stereocenters. The molecule has 0 bridgehead atoms. The van der Waals surface area contributed by atoms with Gasteiger partial charge in [0.05, 0.1) is 15.9 Å². The van der Waals surface area contributed by atoms with E-state index < -0.39 is 0 Å².